The van der Waals surface area contributed by atoms with Gasteiger partial charge < -0.3 is 19.7 Å². The summed E-state index contributed by atoms with van der Waals surface area (Å²) in [4.78, 5) is 18.9. The smallest absolute Gasteiger partial charge is 0.391 e. The summed E-state index contributed by atoms with van der Waals surface area (Å²) in [5.41, 5.74) is 1.73. The van der Waals surface area contributed by atoms with Crippen LogP contribution in [-0.4, -0.2) is 57.0 Å². The van der Waals surface area contributed by atoms with Crippen LogP contribution in [0.5, 0.6) is 5.75 Å². The van der Waals surface area contributed by atoms with Crippen LogP contribution in [0.25, 0.3) is 10.9 Å². The second kappa shape index (κ2) is 9.07. The third kappa shape index (κ3) is 4.95. The number of rotatable bonds is 6. The van der Waals surface area contributed by atoms with E-state index in [0.717, 1.165) is 0 Å². The molecule has 1 saturated heterocycles. The molecule has 1 aliphatic rings. The van der Waals surface area contributed by atoms with E-state index in [1.807, 2.05) is 11.8 Å². The number of nitrogens with one attached hydrogen (secondary N) is 1. The SMILES string of the molecule is COC[C@H](C)NC(=O)c1cnc2c(N3CCC(C(F)(F)F)CC3)cc(OC)cc2c1. The minimum Gasteiger partial charge on any atom is -0.497 e. The molecule has 1 aromatic carbocycles. The standard InChI is InChI=1S/C21H26F3N3O3/c1-13(12-29-2)26-20(28)15-8-14-9-17(30-3)10-18(19(14)25-11-15)27-6-4-16(5-7-27)21(22,23)24/h8-11,13,16H,4-7,12H2,1-3H3,(H,26,28)/t13-/m0/s1. The number of hydrogen-bond acceptors (Lipinski definition) is 5. The van der Waals surface area contributed by atoms with Crippen LogP contribution in [0.2, 0.25) is 0 Å². The molecule has 0 bridgehead atoms. The van der Waals surface area contributed by atoms with Crippen LogP contribution in [-0.2, 0) is 4.74 Å². The molecular formula is C21H26F3N3O3. The molecule has 1 fully saturated rings. The van der Waals surface area contributed by atoms with Gasteiger partial charge in [-0.25, -0.2) is 0 Å². The number of benzene rings is 1. The minimum absolute atomic E-state index is 0.0417. The van der Waals surface area contributed by atoms with E-state index < -0.39 is 12.1 Å². The maximum absolute atomic E-state index is 13.0. The van der Waals surface area contributed by atoms with E-state index in [1.165, 1.54) is 13.3 Å². The van der Waals surface area contributed by atoms with Crippen molar-refractivity contribution in [2.75, 3.05) is 38.8 Å². The number of aromatic nitrogens is 1. The Morgan fingerprint density at radius 3 is 2.57 bits per heavy atom. The molecule has 3 rings (SSSR count). The summed E-state index contributed by atoms with van der Waals surface area (Å²) in [7, 11) is 3.09. The van der Waals surface area contributed by atoms with Crippen molar-refractivity contribution >= 4 is 22.5 Å². The lowest BCUT2D eigenvalue weighted by atomic mass is 9.95. The number of anilines is 1. The van der Waals surface area contributed by atoms with Gasteiger partial charge in [0.15, 0.2) is 0 Å². The Labute approximate surface area is 173 Å². The molecule has 1 aliphatic heterocycles. The third-order valence-electron chi connectivity index (χ3n) is 5.33. The molecule has 9 heteroatoms. The molecular weight excluding hydrogens is 399 g/mol. The van der Waals surface area contributed by atoms with E-state index in [-0.39, 0.29) is 37.9 Å². The number of halogens is 3. The fourth-order valence-corrected chi connectivity index (χ4v) is 3.73. The molecule has 2 aromatic rings. The molecule has 0 spiro atoms. The van der Waals surface area contributed by atoms with Gasteiger partial charge in [-0.15, -0.1) is 0 Å². The third-order valence-corrected chi connectivity index (χ3v) is 5.33. The molecule has 6 nitrogen and oxygen atoms in total. The van der Waals surface area contributed by atoms with Crippen LogP contribution >= 0.6 is 0 Å². The van der Waals surface area contributed by atoms with E-state index in [4.69, 9.17) is 9.47 Å². The molecule has 1 atom stereocenters. The lowest BCUT2D eigenvalue weighted by Gasteiger charge is -2.34. The highest BCUT2D eigenvalue weighted by Crippen LogP contribution is 2.38. The van der Waals surface area contributed by atoms with Gasteiger partial charge in [0.05, 0.1) is 36.4 Å². The van der Waals surface area contributed by atoms with Crippen LogP contribution in [0.1, 0.15) is 30.1 Å². The number of methoxy groups -OCH3 is 2. The van der Waals surface area contributed by atoms with Gasteiger partial charge in [-0.1, -0.05) is 0 Å². The molecule has 2 heterocycles. The van der Waals surface area contributed by atoms with Gasteiger partial charge in [0.2, 0.25) is 0 Å². The lowest BCUT2D eigenvalue weighted by Crippen LogP contribution is -2.39. The Kier molecular flexibility index (Phi) is 6.70. The summed E-state index contributed by atoms with van der Waals surface area (Å²) in [6.45, 7) is 2.79. The Balaban J connectivity index is 1.88. The number of ether oxygens (including phenoxy) is 2. The summed E-state index contributed by atoms with van der Waals surface area (Å²) >= 11 is 0. The van der Waals surface area contributed by atoms with Crippen molar-refractivity contribution in [2.45, 2.75) is 32.0 Å². The maximum atomic E-state index is 13.0. The lowest BCUT2D eigenvalue weighted by molar-refractivity contribution is -0.179. The van der Waals surface area contributed by atoms with Crippen molar-refractivity contribution in [2.24, 2.45) is 5.92 Å². The van der Waals surface area contributed by atoms with Crippen LogP contribution in [0.15, 0.2) is 24.4 Å². The molecule has 0 aliphatic carbocycles. The van der Waals surface area contributed by atoms with Crippen LogP contribution in [0.3, 0.4) is 0 Å². The number of hydrogen-bond donors (Lipinski definition) is 1. The first-order valence-corrected chi connectivity index (χ1v) is 9.82. The van der Waals surface area contributed by atoms with Gasteiger partial charge in [-0.05, 0) is 31.9 Å². The second-order valence-corrected chi connectivity index (χ2v) is 7.58. The quantitative estimate of drug-likeness (QED) is 0.763. The molecule has 1 amide bonds. The molecule has 30 heavy (non-hydrogen) atoms. The average Bonchev–Trinajstić information content (AvgIpc) is 2.72. The predicted octanol–water partition coefficient (Wildman–Crippen LogP) is 3.79. The van der Waals surface area contributed by atoms with Crippen molar-refractivity contribution in [3.8, 4) is 5.75 Å². The Morgan fingerprint density at radius 1 is 1.27 bits per heavy atom. The topological polar surface area (TPSA) is 63.7 Å². The first-order chi connectivity index (χ1) is 14.2. The Bertz CT molecular complexity index is 896. The first-order valence-electron chi connectivity index (χ1n) is 9.82. The Morgan fingerprint density at radius 2 is 1.97 bits per heavy atom. The van der Waals surface area contributed by atoms with Crippen LogP contribution < -0.4 is 15.0 Å². The van der Waals surface area contributed by atoms with E-state index >= 15 is 0 Å². The zero-order valence-electron chi connectivity index (χ0n) is 17.3. The number of nitrogens with zero attached hydrogens (tertiary/aromatic N) is 2. The van der Waals surface area contributed by atoms with Gasteiger partial charge in [-0.3, -0.25) is 9.78 Å². The van der Waals surface area contributed by atoms with E-state index in [1.54, 1.807) is 25.3 Å². The van der Waals surface area contributed by atoms with Crippen LogP contribution in [0, 0.1) is 5.92 Å². The monoisotopic (exact) mass is 425 g/mol. The van der Waals surface area contributed by atoms with Crippen molar-refractivity contribution in [3.05, 3.63) is 30.0 Å². The second-order valence-electron chi connectivity index (χ2n) is 7.58. The van der Waals surface area contributed by atoms with E-state index in [2.05, 4.69) is 10.3 Å². The summed E-state index contributed by atoms with van der Waals surface area (Å²) in [6, 6.07) is 5.10. The number of alkyl halides is 3. The largest absolute Gasteiger partial charge is 0.497 e. The van der Waals surface area contributed by atoms with Crippen molar-refractivity contribution in [1.82, 2.24) is 10.3 Å². The van der Waals surface area contributed by atoms with Gasteiger partial charge >= 0.3 is 6.18 Å². The molecule has 1 N–H and O–H groups in total. The molecule has 0 radical (unpaired) electrons. The number of amides is 1. The van der Waals surface area contributed by atoms with Gasteiger partial charge in [-0.2, -0.15) is 13.2 Å². The summed E-state index contributed by atoms with van der Waals surface area (Å²) in [5.74, 6) is -0.991. The van der Waals surface area contributed by atoms with Crippen molar-refractivity contribution < 1.29 is 27.4 Å². The zero-order valence-corrected chi connectivity index (χ0v) is 17.3. The van der Waals surface area contributed by atoms with E-state index in [0.29, 0.717) is 34.5 Å². The minimum atomic E-state index is -4.16. The highest BCUT2D eigenvalue weighted by molar-refractivity contribution is 6.00. The maximum Gasteiger partial charge on any atom is 0.391 e. The highest BCUT2D eigenvalue weighted by atomic mass is 19.4. The number of fused-ring (bicyclic) bond motifs is 1. The fourth-order valence-electron chi connectivity index (χ4n) is 3.73. The molecule has 0 saturated carbocycles. The fraction of sp³-hybridized carbons (Fsp3) is 0.524. The number of carbonyl (C=O) groups excluding carboxylic acids is 1. The number of carbonyl (C=O) groups is 1. The Hall–Kier alpha value is -2.55. The van der Waals surface area contributed by atoms with Gasteiger partial charge in [0.25, 0.3) is 5.91 Å². The normalized spacial score (nSPS) is 16.5. The predicted molar refractivity (Wildman–Crippen MR) is 108 cm³/mol. The van der Waals surface area contributed by atoms with Gasteiger partial charge in [0, 0.05) is 43.9 Å². The molecule has 1 aromatic heterocycles. The highest BCUT2D eigenvalue weighted by Gasteiger charge is 2.41. The van der Waals surface area contributed by atoms with Gasteiger partial charge in [0.1, 0.15) is 5.75 Å². The summed E-state index contributed by atoms with van der Waals surface area (Å²) in [6.07, 6.45) is -2.60. The van der Waals surface area contributed by atoms with Crippen LogP contribution in [0.4, 0.5) is 18.9 Å². The first kappa shape index (κ1) is 22.1. The number of pyridine rings is 1. The summed E-state index contributed by atoms with van der Waals surface area (Å²) < 4.78 is 49.4. The van der Waals surface area contributed by atoms with E-state index in [9.17, 15) is 18.0 Å². The number of piperidine rings is 1. The molecule has 0 unspecified atom stereocenters. The molecule has 164 valence electrons. The van der Waals surface area contributed by atoms with Crippen molar-refractivity contribution in [1.29, 1.82) is 0 Å². The average molecular weight is 425 g/mol. The summed E-state index contributed by atoms with van der Waals surface area (Å²) in [5, 5.41) is 3.52. The van der Waals surface area contributed by atoms with Crippen molar-refractivity contribution in [3.63, 3.8) is 0 Å². The zero-order chi connectivity index (χ0) is 21.9.